The van der Waals surface area contributed by atoms with E-state index in [1.165, 1.54) is 0 Å². The molecule has 0 atom stereocenters. The summed E-state index contributed by atoms with van der Waals surface area (Å²) in [7, 11) is 1.85. The van der Waals surface area contributed by atoms with E-state index in [4.69, 9.17) is 16.3 Å². The summed E-state index contributed by atoms with van der Waals surface area (Å²) in [5, 5.41) is 4.83. The van der Waals surface area contributed by atoms with Crippen molar-refractivity contribution in [3.05, 3.63) is 41.9 Å². The fourth-order valence-electron chi connectivity index (χ4n) is 2.04. The van der Waals surface area contributed by atoms with Crippen molar-refractivity contribution >= 4 is 11.6 Å². The highest BCUT2D eigenvalue weighted by Gasteiger charge is 2.43. The minimum Gasteiger partial charge on any atom is -0.490 e. The number of aromatic nitrogens is 2. The van der Waals surface area contributed by atoms with Crippen molar-refractivity contribution in [2.75, 3.05) is 13.7 Å². The quantitative estimate of drug-likeness (QED) is 0.795. The van der Waals surface area contributed by atoms with Gasteiger partial charge in [0.05, 0.1) is 11.7 Å². The van der Waals surface area contributed by atoms with E-state index >= 15 is 0 Å². The van der Waals surface area contributed by atoms with Crippen LogP contribution in [0.15, 0.2) is 36.8 Å². The lowest BCUT2D eigenvalue weighted by Gasteiger charge is -2.14. The van der Waals surface area contributed by atoms with Crippen molar-refractivity contribution in [2.24, 2.45) is 0 Å². The molecule has 0 aromatic carbocycles. The first-order valence-corrected chi connectivity index (χ1v) is 6.90. The summed E-state index contributed by atoms with van der Waals surface area (Å²) in [5.74, 6) is 0.719. The zero-order valence-electron chi connectivity index (χ0n) is 11.2. The third kappa shape index (κ3) is 2.76. The number of hydrogen-bond acceptors (Lipinski definition) is 3. The normalized spacial score (nSPS) is 15.9. The Balaban J connectivity index is 1.80. The van der Waals surface area contributed by atoms with Gasteiger partial charge in [-0.1, -0.05) is 11.6 Å². The van der Waals surface area contributed by atoms with E-state index in [-0.39, 0.29) is 5.54 Å². The molecule has 0 aliphatic heterocycles. The lowest BCUT2D eigenvalue weighted by atomic mass is 10.1. The molecule has 1 aliphatic rings. The topological polar surface area (TPSA) is 49.1 Å². The van der Waals surface area contributed by atoms with Crippen LogP contribution in [0, 0.1) is 0 Å². The average molecular weight is 289 g/mol. The molecule has 0 N–H and O–H groups in total. The van der Waals surface area contributed by atoms with Gasteiger partial charge in [0.15, 0.2) is 0 Å². The summed E-state index contributed by atoms with van der Waals surface area (Å²) in [5.41, 5.74) is 1.85. The zero-order valence-corrected chi connectivity index (χ0v) is 12.0. The maximum absolute atomic E-state index is 6.15. The largest absolute Gasteiger partial charge is 0.490 e. The van der Waals surface area contributed by atoms with Crippen LogP contribution >= 0.6 is 11.6 Å². The summed E-state index contributed by atoms with van der Waals surface area (Å²) in [6.07, 6.45) is 7.31. The lowest BCUT2D eigenvalue weighted by molar-refractivity contribution is 0.256. The molecule has 20 heavy (non-hydrogen) atoms. The fourth-order valence-corrected chi connectivity index (χ4v) is 2.25. The Labute approximate surface area is 123 Å². The van der Waals surface area contributed by atoms with Crippen LogP contribution in [0.25, 0.3) is 11.1 Å². The third-order valence-corrected chi connectivity index (χ3v) is 3.92. The summed E-state index contributed by atoms with van der Waals surface area (Å²) in [6, 6.07) is 5.71. The van der Waals surface area contributed by atoms with Crippen molar-refractivity contribution < 1.29 is 4.74 Å². The standard InChI is InChI=1S/C15H15ClN3O/c1-17-15(4-5-15)10-20-12-8-13(14(16)19-9-12)11-2-6-18-7-3-11/h2-3,6-9H,4-5,10H2,1H3. The van der Waals surface area contributed by atoms with E-state index in [1.54, 1.807) is 18.6 Å². The summed E-state index contributed by atoms with van der Waals surface area (Å²) in [6.45, 7) is 0.600. The molecule has 2 heterocycles. The number of ether oxygens (including phenoxy) is 1. The Hall–Kier alpha value is -1.65. The molecule has 0 bridgehead atoms. The first kappa shape index (κ1) is 13.3. The maximum atomic E-state index is 6.15. The van der Waals surface area contributed by atoms with Gasteiger partial charge in [0.2, 0.25) is 0 Å². The van der Waals surface area contributed by atoms with E-state index in [0.717, 1.165) is 29.7 Å². The number of hydrogen-bond donors (Lipinski definition) is 0. The molecule has 0 unspecified atom stereocenters. The molecular formula is C15H15ClN3O. The first-order chi connectivity index (χ1) is 9.72. The summed E-state index contributed by atoms with van der Waals surface area (Å²) in [4.78, 5) is 8.20. The van der Waals surface area contributed by atoms with Gasteiger partial charge >= 0.3 is 0 Å². The van der Waals surface area contributed by atoms with Gasteiger partial charge in [-0.25, -0.2) is 10.3 Å². The zero-order chi connectivity index (χ0) is 14.0. The monoisotopic (exact) mass is 288 g/mol. The Kier molecular flexibility index (Phi) is 3.59. The van der Waals surface area contributed by atoms with Crippen molar-refractivity contribution in [1.29, 1.82) is 0 Å². The van der Waals surface area contributed by atoms with E-state index in [0.29, 0.717) is 11.8 Å². The number of likely N-dealkylation sites (N-methyl/N-ethyl adjacent to an activating group) is 1. The molecule has 2 aromatic rings. The van der Waals surface area contributed by atoms with E-state index < -0.39 is 0 Å². The highest BCUT2D eigenvalue weighted by molar-refractivity contribution is 6.32. The molecule has 0 saturated heterocycles. The molecule has 0 spiro atoms. The highest BCUT2D eigenvalue weighted by atomic mass is 35.5. The van der Waals surface area contributed by atoms with Crippen LogP contribution in [0.3, 0.4) is 0 Å². The predicted molar refractivity (Wildman–Crippen MR) is 78.0 cm³/mol. The van der Waals surface area contributed by atoms with Gasteiger partial charge in [0.25, 0.3) is 0 Å². The van der Waals surface area contributed by atoms with Gasteiger partial charge in [0, 0.05) is 25.0 Å². The molecule has 103 valence electrons. The fraction of sp³-hybridized carbons (Fsp3) is 0.333. The molecule has 2 aromatic heterocycles. The molecule has 3 rings (SSSR count). The van der Waals surface area contributed by atoms with E-state index in [2.05, 4.69) is 15.3 Å². The number of pyridine rings is 2. The molecule has 1 fully saturated rings. The second-order valence-electron chi connectivity index (χ2n) is 4.98. The van der Waals surface area contributed by atoms with Gasteiger partial charge in [-0.2, -0.15) is 0 Å². The third-order valence-electron chi connectivity index (χ3n) is 3.61. The summed E-state index contributed by atoms with van der Waals surface area (Å²) < 4.78 is 5.81. The van der Waals surface area contributed by atoms with E-state index in [1.807, 2.05) is 25.2 Å². The number of halogens is 1. The number of rotatable bonds is 5. The van der Waals surface area contributed by atoms with Crippen LogP contribution in [-0.4, -0.2) is 29.2 Å². The smallest absolute Gasteiger partial charge is 0.138 e. The SMILES string of the molecule is C[N]C1(COc2cnc(Cl)c(-c3ccncc3)c2)CC1. The van der Waals surface area contributed by atoms with Gasteiger partial charge < -0.3 is 4.74 Å². The molecule has 5 heteroatoms. The minimum atomic E-state index is 0.0243. The Morgan fingerprint density at radius 2 is 2.10 bits per heavy atom. The average Bonchev–Trinajstić information content (AvgIpc) is 3.28. The maximum Gasteiger partial charge on any atom is 0.138 e. The molecule has 4 nitrogen and oxygen atoms in total. The van der Waals surface area contributed by atoms with Crippen molar-refractivity contribution in [2.45, 2.75) is 18.4 Å². The Bertz CT molecular complexity index is 599. The Morgan fingerprint density at radius 1 is 1.35 bits per heavy atom. The van der Waals surface area contributed by atoms with Gasteiger partial charge in [0.1, 0.15) is 17.5 Å². The first-order valence-electron chi connectivity index (χ1n) is 6.52. The van der Waals surface area contributed by atoms with Crippen LogP contribution in [0.2, 0.25) is 5.15 Å². The van der Waals surface area contributed by atoms with Gasteiger partial charge in [-0.05, 0) is 36.6 Å². The minimum absolute atomic E-state index is 0.0243. The van der Waals surface area contributed by atoms with Crippen LogP contribution in [0.5, 0.6) is 5.75 Å². The van der Waals surface area contributed by atoms with Crippen molar-refractivity contribution in [3.8, 4) is 16.9 Å². The van der Waals surface area contributed by atoms with Crippen LogP contribution in [0.4, 0.5) is 0 Å². The van der Waals surface area contributed by atoms with Crippen molar-refractivity contribution in [1.82, 2.24) is 15.3 Å². The van der Waals surface area contributed by atoms with Crippen molar-refractivity contribution in [3.63, 3.8) is 0 Å². The Morgan fingerprint density at radius 3 is 2.75 bits per heavy atom. The molecule has 1 aliphatic carbocycles. The number of nitrogens with zero attached hydrogens (tertiary/aromatic N) is 3. The molecule has 1 radical (unpaired) electrons. The second kappa shape index (κ2) is 5.38. The predicted octanol–water partition coefficient (Wildman–Crippen LogP) is 2.94. The van der Waals surface area contributed by atoms with Crippen LogP contribution in [0.1, 0.15) is 12.8 Å². The molecule has 0 amide bonds. The van der Waals surface area contributed by atoms with Gasteiger partial charge in [-0.15, -0.1) is 0 Å². The van der Waals surface area contributed by atoms with Crippen LogP contribution in [-0.2, 0) is 0 Å². The van der Waals surface area contributed by atoms with Gasteiger partial charge in [-0.3, -0.25) is 4.98 Å². The second-order valence-corrected chi connectivity index (χ2v) is 5.34. The molecule has 1 saturated carbocycles. The van der Waals surface area contributed by atoms with E-state index in [9.17, 15) is 0 Å². The molecular weight excluding hydrogens is 274 g/mol. The highest BCUT2D eigenvalue weighted by Crippen LogP contribution is 2.37. The van der Waals surface area contributed by atoms with Crippen LogP contribution < -0.4 is 10.1 Å². The summed E-state index contributed by atoms with van der Waals surface area (Å²) >= 11 is 6.15. The lowest BCUT2D eigenvalue weighted by Crippen LogP contribution is -2.28.